The van der Waals surface area contributed by atoms with Crippen LogP contribution in [-0.2, 0) is 0 Å². The lowest BCUT2D eigenvalue weighted by Crippen LogP contribution is -2.59. The molecule has 2 rings (SSSR count). The minimum absolute atomic E-state index is 0.201. The molecule has 0 amide bonds. The lowest BCUT2D eigenvalue weighted by atomic mass is 9.70. The van der Waals surface area contributed by atoms with E-state index in [1.54, 1.807) is 0 Å². The zero-order chi connectivity index (χ0) is 19.8. The molecule has 2 unspecified atom stereocenters. The highest BCUT2D eigenvalue weighted by atomic mass is 14.9. The van der Waals surface area contributed by atoms with Crippen LogP contribution in [0.5, 0.6) is 0 Å². The zero-order valence-electron chi connectivity index (χ0n) is 17.9. The summed E-state index contributed by atoms with van der Waals surface area (Å²) in [6, 6.07) is 6.76. The van der Waals surface area contributed by atoms with Gasteiger partial charge < -0.3 is 11.5 Å². The minimum Gasteiger partial charge on any atom is -0.322 e. The molecule has 2 atom stereocenters. The molecule has 0 fully saturated rings. The van der Waals surface area contributed by atoms with E-state index >= 15 is 0 Å². The number of allylic oxidation sites excluding steroid dienone is 2. The molecule has 0 spiro atoms. The van der Waals surface area contributed by atoms with E-state index in [9.17, 15) is 0 Å². The Bertz CT molecular complexity index is 681. The molecule has 144 valence electrons. The molecule has 0 saturated heterocycles. The van der Waals surface area contributed by atoms with Crippen LogP contribution >= 0.6 is 0 Å². The Morgan fingerprint density at radius 2 is 1.31 bits per heavy atom. The van der Waals surface area contributed by atoms with E-state index < -0.39 is 5.54 Å². The molecule has 1 aromatic carbocycles. The molecule has 0 radical (unpaired) electrons. The summed E-state index contributed by atoms with van der Waals surface area (Å²) in [6.07, 6.45) is 4.50. The summed E-state index contributed by atoms with van der Waals surface area (Å²) < 4.78 is 0. The number of hydrogen-bond donors (Lipinski definition) is 2. The van der Waals surface area contributed by atoms with Crippen LogP contribution in [0.4, 0.5) is 0 Å². The van der Waals surface area contributed by atoms with Crippen LogP contribution in [-0.4, -0.2) is 11.6 Å². The quantitative estimate of drug-likeness (QED) is 0.724. The fourth-order valence-electron chi connectivity index (χ4n) is 3.59. The summed E-state index contributed by atoms with van der Waals surface area (Å²) in [5.41, 5.74) is 19.5. The van der Waals surface area contributed by atoms with Gasteiger partial charge in [-0.3, -0.25) is 0 Å². The molecular weight excluding hydrogens is 316 g/mol. The van der Waals surface area contributed by atoms with E-state index in [4.69, 9.17) is 11.5 Å². The van der Waals surface area contributed by atoms with E-state index in [0.717, 1.165) is 0 Å². The highest BCUT2D eigenvalue weighted by Crippen LogP contribution is 2.38. The van der Waals surface area contributed by atoms with Gasteiger partial charge in [0.2, 0.25) is 0 Å². The smallest absolute Gasteiger partial charge is 0.0564 e. The Hall–Kier alpha value is -1.38. The van der Waals surface area contributed by atoms with Crippen LogP contribution in [0.15, 0.2) is 35.9 Å². The van der Waals surface area contributed by atoms with Gasteiger partial charge in [0.15, 0.2) is 0 Å². The lowest BCUT2D eigenvalue weighted by molar-refractivity contribution is 0.351. The van der Waals surface area contributed by atoms with E-state index in [1.165, 1.54) is 27.8 Å². The molecule has 1 aliphatic carbocycles. The first-order valence-electron chi connectivity index (χ1n) is 10.1. The first kappa shape index (κ1) is 20.9. The standard InChI is InChI=1S/C24H38N2/c1-14(2)18-9-19(15(3)4)11-20(10-18)22-12-21(16(5)6)13-24(26,17(7)8)23(22)25/h9-17,23H,25-26H2,1-8H3. The van der Waals surface area contributed by atoms with Gasteiger partial charge in [0, 0.05) is 0 Å². The van der Waals surface area contributed by atoms with Gasteiger partial charge in [0.05, 0.1) is 11.6 Å². The van der Waals surface area contributed by atoms with Crippen molar-refractivity contribution in [3.63, 3.8) is 0 Å². The van der Waals surface area contributed by atoms with Gasteiger partial charge in [0.1, 0.15) is 0 Å². The van der Waals surface area contributed by atoms with E-state index in [1.807, 2.05) is 0 Å². The third-order valence-electron chi connectivity index (χ3n) is 5.92. The predicted octanol–water partition coefficient (Wildman–Crippen LogP) is 5.59. The number of hydrogen-bond acceptors (Lipinski definition) is 2. The molecule has 0 aliphatic heterocycles. The fraction of sp³-hybridized carbons (Fsp3) is 0.583. The van der Waals surface area contributed by atoms with E-state index in [0.29, 0.717) is 17.8 Å². The van der Waals surface area contributed by atoms with Gasteiger partial charge in [-0.1, -0.05) is 85.7 Å². The molecule has 1 aromatic rings. The van der Waals surface area contributed by atoms with Gasteiger partial charge >= 0.3 is 0 Å². The van der Waals surface area contributed by atoms with Crippen molar-refractivity contribution in [2.75, 3.05) is 0 Å². The van der Waals surface area contributed by atoms with Crippen molar-refractivity contribution in [3.05, 3.63) is 52.6 Å². The van der Waals surface area contributed by atoms with Crippen molar-refractivity contribution < 1.29 is 0 Å². The van der Waals surface area contributed by atoms with Crippen molar-refractivity contribution in [2.45, 2.75) is 78.8 Å². The first-order chi connectivity index (χ1) is 12.0. The maximum absolute atomic E-state index is 6.85. The maximum atomic E-state index is 6.85. The molecule has 0 saturated carbocycles. The van der Waals surface area contributed by atoms with Crippen molar-refractivity contribution >= 4 is 5.57 Å². The van der Waals surface area contributed by atoms with Gasteiger partial charge in [-0.05, 0) is 51.5 Å². The third-order valence-corrected chi connectivity index (χ3v) is 5.92. The summed E-state index contributed by atoms with van der Waals surface area (Å²) in [7, 11) is 0. The van der Waals surface area contributed by atoms with Gasteiger partial charge in [-0.25, -0.2) is 0 Å². The lowest BCUT2D eigenvalue weighted by Gasteiger charge is -2.42. The average molecular weight is 355 g/mol. The normalized spacial score (nSPS) is 23.8. The highest BCUT2D eigenvalue weighted by molar-refractivity contribution is 5.77. The summed E-state index contributed by atoms with van der Waals surface area (Å²) in [6.45, 7) is 17.8. The van der Waals surface area contributed by atoms with Gasteiger partial charge in [-0.15, -0.1) is 0 Å². The zero-order valence-corrected chi connectivity index (χ0v) is 17.9. The third kappa shape index (κ3) is 3.97. The maximum Gasteiger partial charge on any atom is 0.0564 e. The molecular formula is C24H38N2. The molecule has 2 heteroatoms. The summed E-state index contributed by atoms with van der Waals surface area (Å²) in [4.78, 5) is 0. The monoisotopic (exact) mass is 354 g/mol. The number of rotatable bonds is 5. The van der Waals surface area contributed by atoms with E-state index in [-0.39, 0.29) is 12.0 Å². The fourth-order valence-corrected chi connectivity index (χ4v) is 3.59. The summed E-state index contributed by atoms with van der Waals surface area (Å²) >= 11 is 0. The van der Waals surface area contributed by atoms with Gasteiger partial charge in [-0.2, -0.15) is 0 Å². The Kier molecular flexibility index (Phi) is 6.20. The molecule has 2 nitrogen and oxygen atoms in total. The van der Waals surface area contributed by atoms with Gasteiger partial charge in [0.25, 0.3) is 0 Å². The molecule has 0 aromatic heterocycles. The largest absolute Gasteiger partial charge is 0.322 e. The summed E-state index contributed by atoms with van der Waals surface area (Å²) in [5, 5.41) is 0. The van der Waals surface area contributed by atoms with Crippen molar-refractivity contribution in [2.24, 2.45) is 23.3 Å². The molecule has 0 heterocycles. The Labute approximate surface area is 160 Å². The van der Waals surface area contributed by atoms with Crippen molar-refractivity contribution in [1.82, 2.24) is 0 Å². The SMILES string of the molecule is CC(C)C1=CC(N)(C(C)C)C(N)C(c2cc(C(C)C)cc(C(C)C)c2)=C1. The average Bonchev–Trinajstić information content (AvgIpc) is 2.56. The van der Waals surface area contributed by atoms with Crippen LogP contribution in [0.1, 0.15) is 83.9 Å². The van der Waals surface area contributed by atoms with Crippen LogP contribution < -0.4 is 11.5 Å². The summed E-state index contributed by atoms with van der Waals surface area (Å²) in [5.74, 6) is 1.67. The Morgan fingerprint density at radius 3 is 1.69 bits per heavy atom. The second-order valence-corrected chi connectivity index (χ2v) is 9.23. The van der Waals surface area contributed by atoms with Crippen LogP contribution in [0.3, 0.4) is 0 Å². The molecule has 26 heavy (non-hydrogen) atoms. The second-order valence-electron chi connectivity index (χ2n) is 9.23. The molecule has 4 N–H and O–H groups in total. The Balaban J connectivity index is 2.67. The second kappa shape index (κ2) is 7.70. The van der Waals surface area contributed by atoms with Crippen LogP contribution in [0.25, 0.3) is 5.57 Å². The van der Waals surface area contributed by atoms with Crippen LogP contribution in [0, 0.1) is 11.8 Å². The Morgan fingerprint density at radius 1 is 0.808 bits per heavy atom. The first-order valence-corrected chi connectivity index (χ1v) is 10.1. The van der Waals surface area contributed by atoms with Crippen molar-refractivity contribution in [1.29, 1.82) is 0 Å². The number of benzene rings is 1. The topological polar surface area (TPSA) is 52.0 Å². The van der Waals surface area contributed by atoms with Crippen molar-refractivity contribution in [3.8, 4) is 0 Å². The molecule has 1 aliphatic rings. The van der Waals surface area contributed by atoms with E-state index in [2.05, 4.69) is 85.7 Å². The predicted molar refractivity (Wildman–Crippen MR) is 115 cm³/mol. The number of nitrogens with two attached hydrogens (primary N) is 2. The minimum atomic E-state index is -0.518. The highest BCUT2D eigenvalue weighted by Gasteiger charge is 2.39. The van der Waals surface area contributed by atoms with Crippen LogP contribution in [0.2, 0.25) is 0 Å². The molecule has 0 bridgehead atoms.